The summed E-state index contributed by atoms with van der Waals surface area (Å²) in [7, 11) is 0. The molecule has 2 bridgehead atoms. The fourth-order valence-corrected chi connectivity index (χ4v) is 6.58. The van der Waals surface area contributed by atoms with Crippen LogP contribution in [-0.4, -0.2) is 28.0 Å². The van der Waals surface area contributed by atoms with Gasteiger partial charge in [-0.25, -0.2) is 9.88 Å². The largest absolute Gasteiger partial charge is 0.441 e. The molecule has 3 aromatic carbocycles. The van der Waals surface area contributed by atoms with Crippen LogP contribution in [0, 0.1) is 23.2 Å². The second-order valence-electron chi connectivity index (χ2n) is 9.99. The smallest absolute Gasteiger partial charge is 0.240 e. The monoisotopic (exact) mass is 463 g/mol. The van der Waals surface area contributed by atoms with Crippen molar-refractivity contribution in [1.29, 1.82) is 5.26 Å². The Hall–Kier alpha value is -4.02. The van der Waals surface area contributed by atoms with Crippen LogP contribution in [0.2, 0.25) is 0 Å². The first-order chi connectivity index (χ1) is 16.9. The number of para-hydroxylation sites is 2. The average molecular weight is 463 g/mol. The third kappa shape index (κ3) is 2.60. The van der Waals surface area contributed by atoms with Gasteiger partial charge < -0.3 is 9.15 Å². The highest BCUT2D eigenvalue weighted by atomic mass is 16.5. The van der Waals surface area contributed by atoms with E-state index in [9.17, 15) is 14.9 Å². The Bertz CT molecular complexity index is 1580. The van der Waals surface area contributed by atoms with E-state index in [-0.39, 0.29) is 11.8 Å². The normalized spacial score (nSPS) is 29.3. The summed E-state index contributed by atoms with van der Waals surface area (Å²) in [6.07, 6.45) is 1.68. The Balaban J connectivity index is 1.33. The van der Waals surface area contributed by atoms with Crippen molar-refractivity contribution < 1.29 is 18.7 Å². The zero-order valence-corrected chi connectivity index (χ0v) is 19.0. The molecule has 4 aromatic rings. The summed E-state index contributed by atoms with van der Waals surface area (Å²) in [5.41, 5.74) is 0.906. The zero-order chi connectivity index (χ0) is 23.9. The topological polar surface area (TPSA) is 96.4 Å². The summed E-state index contributed by atoms with van der Waals surface area (Å²) in [6, 6.07) is 20.5. The minimum absolute atomic E-state index is 0.239. The number of amides is 2. The number of nitriles is 1. The van der Waals surface area contributed by atoms with Crippen LogP contribution in [0.15, 0.2) is 65.1 Å². The van der Waals surface area contributed by atoms with E-state index < -0.39 is 23.0 Å². The predicted molar refractivity (Wildman–Crippen MR) is 127 cm³/mol. The van der Waals surface area contributed by atoms with Crippen LogP contribution in [0.25, 0.3) is 21.9 Å². The van der Waals surface area contributed by atoms with Crippen molar-refractivity contribution >= 4 is 39.4 Å². The van der Waals surface area contributed by atoms with E-state index in [0.717, 1.165) is 10.9 Å². The lowest BCUT2D eigenvalue weighted by atomic mass is 9.67. The van der Waals surface area contributed by atoms with Crippen LogP contribution in [-0.2, 0) is 20.7 Å². The number of carbonyl (C=O) groups excluding carboxylic acids is 2. The predicted octanol–water partition coefficient (Wildman–Crippen LogP) is 4.52. The van der Waals surface area contributed by atoms with Crippen LogP contribution >= 0.6 is 0 Å². The Morgan fingerprint density at radius 3 is 2.54 bits per heavy atom. The summed E-state index contributed by atoms with van der Waals surface area (Å²) in [4.78, 5) is 33.8. The molecule has 0 spiro atoms. The molecule has 4 atom stereocenters. The molecule has 35 heavy (non-hydrogen) atoms. The molecule has 7 rings (SSSR count). The quantitative estimate of drug-likeness (QED) is 0.415. The zero-order valence-electron chi connectivity index (χ0n) is 19.0. The number of aromatic nitrogens is 1. The highest BCUT2D eigenvalue weighted by molar-refractivity contribution is 6.26. The molecule has 3 aliphatic heterocycles. The maximum Gasteiger partial charge on any atom is 0.240 e. The Morgan fingerprint density at radius 2 is 1.74 bits per heavy atom. The van der Waals surface area contributed by atoms with E-state index in [1.54, 1.807) is 12.1 Å². The molecule has 0 N–H and O–H groups in total. The second kappa shape index (κ2) is 6.77. The first-order valence-corrected chi connectivity index (χ1v) is 11.8. The molecule has 3 fully saturated rings. The molecule has 3 saturated heterocycles. The molecule has 7 nitrogen and oxygen atoms in total. The van der Waals surface area contributed by atoms with Gasteiger partial charge in [-0.1, -0.05) is 36.4 Å². The average Bonchev–Trinajstić information content (AvgIpc) is 3.56. The van der Waals surface area contributed by atoms with Crippen molar-refractivity contribution in [1.82, 2.24) is 4.98 Å². The Kier molecular flexibility index (Phi) is 3.94. The van der Waals surface area contributed by atoms with Crippen molar-refractivity contribution in [3.8, 4) is 6.07 Å². The van der Waals surface area contributed by atoms with Gasteiger partial charge in [-0.15, -0.1) is 0 Å². The van der Waals surface area contributed by atoms with Crippen LogP contribution in [0.1, 0.15) is 31.2 Å². The molecule has 4 unspecified atom stereocenters. The SMILES string of the molecule is CC12CCC(Cc3nc4ccccc4o3)(O1)C1C(=O)N(c3ccc(C#N)c4ccccc34)C(=O)C12. The number of anilines is 1. The Labute approximate surface area is 200 Å². The standard InChI is InChI=1S/C28H21N3O4/c1-27-12-13-28(35-27,14-22-30-19-8-4-5-9-21(19)34-22)24-23(27)25(32)31(26(24)33)20-11-10-16(15-29)17-6-2-3-7-18(17)20/h2-11,23-24H,12-14H2,1H3. The number of imide groups is 1. The van der Waals surface area contributed by atoms with Crippen molar-refractivity contribution in [2.45, 2.75) is 37.4 Å². The van der Waals surface area contributed by atoms with E-state index in [1.807, 2.05) is 55.5 Å². The van der Waals surface area contributed by atoms with Gasteiger partial charge >= 0.3 is 0 Å². The molecule has 0 radical (unpaired) electrons. The maximum absolute atomic E-state index is 14.0. The van der Waals surface area contributed by atoms with Gasteiger partial charge in [-0.3, -0.25) is 9.59 Å². The van der Waals surface area contributed by atoms with Crippen molar-refractivity contribution in [3.05, 3.63) is 72.1 Å². The van der Waals surface area contributed by atoms with Crippen LogP contribution in [0.3, 0.4) is 0 Å². The number of carbonyl (C=O) groups is 2. The van der Waals surface area contributed by atoms with Gasteiger partial charge in [0, 0.05) is 10.8 Å². The number of nitrogens with zero attached hydrogens (tertiary/aromatic N) is 3. The molecule has 172 valence electrons. The highest BCUT2D eigenvalue weighted by Gasteiger charge is 2.74. The van der Waals surface area contributed by atoms with Gasteiger partial charge in [0.2, 0.25) is 11.8 Å². The molecule has 2 amide bonds. The molecule has 1 aromatic heterocycles. The molecule has 4 heterocycles. The second-order valence-corrected chi connectivity index (χ2v) is 9.99. The lowest BCUT2D eigenvalue weighted by Gasteiger charge is -2.30. The summed E-state index contributed by atoms with van der Waals surface area (Å²) >= 11 is 0. The number of hydrogen-bond donors (Lipinski definition) is 0. The van der Waals surface area contributed by atoms with E-state index in [2.05, 4.69) is 11.1 Å². The fraction of sp³-hybridized carbons (Fsp3) is 0.286. The highest BCUT2D eigenvalue weighted by Crippen LogP contribution is 2.62. The third-order valence-electron chi connectivity index (χ3n) is 8.06. The number of rotatable bonds is 3. The summed E-state index contributed by atoms with van der Waals surface area (Å²) in [5.74, 6) is -1.16. The van der Waals surface area contributed by atoms with Gasteiger partial charge in [0.25, 0.3) is 0 Å². The van der Waals surface area contributed by atoms with E-state index >= 15 is 0 Å². The van der Waals surface area contributed by atoms with Gasteiger partial charge in [0.1, 0.15) is 5.52 Å². The van der Waals surface area contributed by atoms with Crippen LogP contribution in [0.5, 0.6) is 0 Å². The fourth-order valence-electron chi connectivity index (χ4n) is 6.58. The summed E-state index contributed by atoms with van der Waals surface area (Å²) in [5, 5.41) is 11.0. The molecule has 0 saturated carbocycles. The molecule has 7 heteroatoms. The maximum atomic E-state index is 14.0. The third-order valence-corrected chi connectivity index (χ3v) is 8.06. The van der Waals surface area contributed by atoms with E-state index in [1.165, 1.54) is 4.90 Å². The Morgan fingerprint density at radius 1 is 1.00 bits per heavy atom. The minimum Gasteiger partial charge on any atom is -0.441 e. The molecular weight excluding hydrogens is 442 g/mol. The number of ether oxygens (including phenoxy) is 1. The van der Waals surface area contributed by atoms with Crippen molar-refractivity contribution in [2.75, 3.05) is 4.90 Å². The van der Waals surface area contributed by atoms with E-state index in [0.29, 0.717) is 47.4 Å². The van der Waals surface area contributed by atoms with Gasteiger partial charge in [0.05, 0.1) is 46.8 Å². The summed E-state index contributed by atoms with van der Waals surface area (Å²) in [6.45, 7) is 1.94. The number of benzene rings is 3. The van der Waals surface area contributed by atoms with Crippen molar-refractivity contribution in [3.63, 3.8) is 0 Å². The number of hydrogen-bond acceptors (Lipinski definition) is 6. The van der Waals surface area contributed by atoms with Gasteiger partial charge in [-0.2, -0.15) is 5.26 Å². The van der Waals surface area contributed by atoms with E-state index in [4.69, 9.17) is 9.15 Å². The van der Waals surface area contributed by atoms with Crippen LogP contribution < -0.4 is 4.90 Å². The molecular formula is C28H21N3O4. The number of oxazole rings is 1. The van der Waals surface area contributed by atoms with Gasteiger partial charge in [-0.05, 0) is 44.0 Å². The lowest BCUT2D eigenvalue weighted by molar-refractivity contribution is -0.130. The molecule has 3 aliphatic rings. The number of fused-ring (bicyclic) bond motifs is 7. The molecule has 0 aliphatic carbocycles. The first-order valence-electron chi connectivity index (χ1n) is 11.8. The lowest BCUT2D eigenvalue weighted by Crippen LogP contribution is -2.43. The first kappa shape index (κ1) is 20.4. The van der Waals surface area contributed by atoms with Crippen LogP contribution in [0.4, 0.5) is 5.69 Å². The van der Waals surface area contributed by atoms with Gasteiger partial charge in [0.15, 0.2) is 11.5 Å². The summed E-state index contributed by atoms with van der Waals surface area (Å²) < 4.78 is 12.5. The van der Waals surface area contributed by atoms with Crippen molar-refractivity contribution in [2.24, 2.45) is 11.8 Å². The minimum atomic E-state index is -0.843.